The van der Waals surface area contributed by atoms with Crippen LogP contribution >= 0.6 is 0 Å². The first-order valence-corrected chi connectivity index (χ1v) is 19.1. The molecule has 5 heteroatoms. The van der Waals surface area contributed by atoms with E-state index in [4.69, 9.17) is 15.7 Å². The van der Waals surface area contributed by atoms with Crippen molar-refractivity contribution >= 4 is 61.2 Å². The highest BCUT2D eigenvalue weighted by Gasteiger charge is 2.22. The molecule has 0 bridgehead atoms. The average Bonchev–Trinajstić information content (AvgIpc) is 3.27. The van der Waals surface area contributed by atoms with Crippen molar-refractivity contribution < 1.29 is 0 Å². The predicted molar refractivity (Wildman–Crippen MR) is 235 cm³/mol. The summed E-state index contributed by atoms with van der Waals surface area (Å²) in [7, 11) is 0. The molecule has 2 unspecified atom stereocenters. The zero-order valence-corrected chi connectivity index (χ0v) is 30.9. The number of aromatic nitrogens is 2. The normalized spacial score (nSPS) is 17.6. The Kier molecular flexibility index (Phi) is 8.26. The molecule has 56 heavy (non-hydrogen) atoms. The van der Waals surface area contributed by atoms with E-state index >= 15 is 0 Å². The Bertz CT molecular complexity index is 2940. The van der Waals surface area contributed by atoms with Gasteiger partial charge in [0.25, 0.3) is 0 Å². The van der Waals surface area contributed by atoms with Gasteiger partial charge in [0.05, 0.1) is 40.2 Å². The Morgan fingerprint density at radius 2 is 1.48 bits per heavy atom. The molecule has 0 radical (unpaired) electrons. The summed E-state index contributed by atoms with van der Waals surface area (Å²) in [6.07, 6.45) is 21.1. The second-order valence-electron chi connectivity index (χ2n) is 14.4. The SMILES string of the molecule is C/C=C(\C=C/N)c1ccc2ccc(C3=CC=C4C=CC(c5ccc(-c6ccc7ccc8c(c7n6)NC(c6ccccc6)C=C8)c6ccccc56)=CC4N3)cc2n1. The number of pyridine rings is 2. The number of anilines is 1. The van der Waals surface area contributed by atoms with Gasteiger partial charge in [-0.05, 0) is 93.2 Å². The third-order valence-corrected chi connectivity index (χ3v) is 11.1. The molecule has 4 N–H and O–H groups in total. The van der Waals surface area contributed by atoms with Gasteiger partial charge in [-0.3, -0.25) is 0 Å². The smallest absolute Gasteiger partial charge is 0.0947 e. The number of allylic oxidation sites excluding steroid dienone is 7. The quantitative estimate of drug-likeness (QED) is 0.149. The first kappa shape index (κ1) is 33.3. The molecule has 5 aromatic carbocycles. The molecule has 2 atom stereocenters. The van der Waals surface area contributed by atoms with Crippen LogP contribution in [0.5, 0.6) is 0 Å². The number of hydrogen-bond donors (Lipinski definition) is 3. The lowest BCUT2D eigenvalue weighted by Crippen LogP contribution is -2.31. The Morgan fingerprint density at radius 1 is 0.696 bits per heavy atom. The fourth-order valence-electron chi connectivity index (χ4n) is 8.22. The van der Waals surface area contributed by atoms with Gasteiger partial charge in [0.2, 0.25) is 0 Å². The molecule has 3 aliphatic rings. The number of benzene rings is 5. The third-order valence-electron chi connectivity index (χ3n) is 11.1. The van der Waals surface area contributed by atoms with Crippen LogP contribution in [0.1, 0.15) is 40.9 Å². The van der Waals surface area contributed by atoms with Crippen molar-refractivity contribution in [3.63, 3.8) is 0 Å². The van der Waals surface area contributed by atoms with E-state index in [0.717, 1.165) is 66.8 Å². The van der Waals surface area contributed by atoms with Crippen molar-refractivity contribution in [1.29, 1.82) is 0 Å². The second kappa shape index (κ2) is 13.9. The van der Waals surface area contributed by atoms with Gasteiger partial charge in [0, 0.05) is 22.0 Å². The first-order valence-electron chi connectivity index (χ1n) is 19.1. The number of hydrogen-bond acceptors (Lipinski definition) is 5. The molecular weight excluding hydrogens is 683 g/mol. The van der Waals surface area contributed by atoms with Crippen molar-refractivity contribution in [2.45, 2.75) is 19.0 Å². The Hall–Kier alpha value is -7.24. The molecule has 0 amide bonds. The Balaban J connectivity index is 0.970. The summed E-state index contributed by atoms with van der Waals surface area (Å²) in [5.74, 6) is 0. The number of rotatable bonds is 6. The van der Waals surface area contributed by atoms with Crippen molar-refractivity contribution in [1.82, 2.24) is 15.3 Å². The fraction of sp³-hybridized carbons (Fsp3) is 0.0588. The molecule has 2 aliphatic heterocycles. The van der Waals surface area contributed by atoms with Gasteiger partial charge < -0.3 is 16.4 Å². The minimum absolute atomic E-state index is 0.0299. The van der Waals surface area contributed by atoms with Crippen molar-refractivity contribution in [2.24, 2.45) is 5.73 Å². The molecular formula is C51H39N5. The molecule has 0 spiro atoms. The topological polar surface area (TPSA) is 75.9 Å². The fourth-order valence-corrected chi connectivity index (χ4v) is 8.22. The molecule has 4 heterocycles. The van der Waals surface area contributed by atoms with Crippen molar-refractivity contribution in [3.8, 4) is 11.3 Å². The zero-order valence-electron chi connectivity index (χ0n) is 30.9. The summed E-state index contributed by atoms with van der Waals surface area (Å²) in [5, 5.41) is 12.2. The van der Waals surface area contributed by atoms with Gasteiger partial charge in [-0.15, -0.1) is 0 Å². The summed E-state index contributed by atoms with van der Waals surface area (Å²) in [6, 6.07) is 43.2. The molecule has 10 rings (SSSR count). The number of fused-ring (bicyclic) bond motifs is 6. The van der Waals surface area contributed by atoms with Crippen molar-refractivity contribution in [2.75, 3.05) is 5.32 Å². The molecule has 0 saturated heterocycles. The van der Waals surface area contributed by atoms with E-state index in [1.807, 2.05) is 25.1 Å². The standard InChI is InChI=1S/C51H39N5/c1-2-32(28-29-52)44-24-18-35-13-17-39(31-49(35)53-44)46-25-19-34-12-16-38(30-48(34)54-46)40-22-23-43(42-11-7-6-10-41(40)42)47-27-21-37-15-14-36-20-26-45(33-8-4-3-5-9-33)55-50(36)51(37)56-47/h2-31,45,48,54-55H,52H2,1H3/b29-28-,32-2+. The molecule has 5 nitrogen and oxygen atoms in total. The molecule has 268 valence electrons. The number of nitrogens with zero attached hydrogens (tertiary/aromatic N) is 2. The van der Waals surface area contributed by atoms with Crippen LogP contribution in [0.2, 0.25) is 0 Å². The highest BCUT2D eigenvalue weighted by atomic mass is 14.9. The molecule has 0 fully saturated rings. The van der Waals surface area contributed by atoms with Gasteiger partial charge in [-0.1, -0.05) is 146 Å². The van der Waals surface area contributed by atoms with Gasteiger partial charge in [-0.2, -0.15) is 0 Å². The van der Waals surface area contributed by atoms with Gasteiger partial charge >= 0.3 is 0 Å². The largest absolute Gasteiger partial charge is 0.405 e. The lowest BCUT2D eigenvalue weighted by molar-refractivity contribution is 0.815. The number of nitrogens with one attached hydrogen (secondary N) is 2. The van der Waals surface area contributed by atoms with Crippen molar-refractivity contribution in [3.05, 3.63) is 210 Å². The van der Waals surface area contributed by atoms with Crippen LogP contribution in [0.4, 0.5) is 5.69 Å². The van der Waals surface area contributed by atoms with E-state index in [2.05, 4.69) is 168 Å². The summed E-state index contributed by atoms with van der Waals surface area (Å²) in [5.41, 5.74) is 20.8. The van der Waals surface area contributed by atoms with E-state index in [9.17, 15) is 0 Å². The van der Waals surface area contributed by atoms with Crippen LogP contribution < -0.4 is 16.4 Å². The summed E-state index contributed by atoms with van der Waals surface area (Å²) >= 11 is 0. The second-order valence-corrected chi connectivity index (χ2v) is 14.4. The Morgan fingerprint density at radius 3 is 2.34 bits per heavy atom. The summed E-state index contributed by atoms with van der Waals surface area (Å²) < 4.78 is 0. The van der Waals surface area contributed by atoms with Crippen LogP contribution in [0.15, 0.2) is 182 Å². The summed E-state index contributed by atoms with van der Waals surface area (Å²) in [4.78, 5) is 10.3. The lowest BCUT2D eigenvalue weighted by Gasteiger charge is -2.27. The van der Waals surface area contributed by atoms with Crippen LogP contribution in [0.25, 0.3) is 66.8 Å². The highest BCUT2D eigenvalue weighted by molar-refractivity contribution is 6.05. The van der Waals surface area contributed by atoms with Crippen LogP contribution in [0.3, 0.4) is 0 Å². The van der Waals surface area contributed by atoms with Crippen LogP contribution in [-0.4, -0.2) is 16.0 Å². The number of dihydropyridines is 1. The van der Waals surface area contributed by atoms with E-state index in [0.29, 0.717) is 0 Å². The lowest BCUT2D eigenvalue weighted by atomic mass is 9.87. The molecule has 2 aromatic heterocycles. The van der Waals surface area contributed by atoms with Gasteiger partial charge in [0.1, 0.15) is 0 Å². The van der Waals surface area contributed by atoms with E-state index in [1.165, 1.54) is 33.0 Å². The average molecular weight is 722 g/mol. The summed E-state index contributed by atoms with van der Waals surface area (Å²) in [6.45, 7) is 2.00. The predicted octanol–water partition coefficient (Wildman–Crippen LogP) is 11.6. The maximum atomic E-state index is 5.70. The molecule has 7 aromatic rings. The first-order chi connectivity index (χ1) is 27.6. The monoisotopic (exact) mass is 721 g/mol. The van der Waals surface area contributed by atoms with Gasteiger partial charge in [-0.25, -0.2) is 9.97 Å². The maximum absolute atomic E-state index is 5.70. The molecule has 0 saturated carbocycles. The van der Waals surface area contributed by atoms with E-state index in [1.54, 1.807) is 6.20 Å². The highest BCUT2D eigenvalue weighted by Crippen LogP contribution is 2.39. The van der Waals surface area contributed by atoms with E-state index < -0.39 is 0 Å². The van der Waals surface area contributed by atoms with E-state index in [-0.39, 0.29) is 12.1 Å². The number of nitrogens with two attached hydrogens (primary N) is 1. The van der Waals surface area contributed by atoms with Crippen LogP contribution in [0, 0.1) is 0 Å². The minimum atomic E-state index is 0.0299. The third kappa shape index (κ3) is 5.91. The minimum Gasteiger partial charge on any atom is -0.405 e. The molecule has 1 aliphatic carbocycles. The maximum Gasteiger partial charge on any atom is 0.0947 e. The van der Waals surface area contributed by atoms with Crippen LogP contribution in [-0.2, 0) is 0 Å². The zero-order chi connectivity index (χ0) is 37.6. The van der Waals surface area contributed by atoms with Gasteiger partial charge in [0.15, 0.2) is 0 Å². The Labute approximate surface area is 326 Å².